The normalized spacial score (nSPS) is 16.2. The molecule has 1 unspecified atom stereocenters. The lowest BCUT2D eigenvalue weighted by Crippen LogP contribution is -2.46. The van der Waals surface area contributed by atoms with Crippen molar-refractivity contribution in [3.63, 3.8) is 0 Å². The molecule has 0 aliphatic carbocycles. The van der Waals surface area contributed by atoms with E-state index in [-0.39, 0.29) is 12.1 Å². The Morgan fingerprint density at radius 3 is 2.43 bits per heavy atom. The molecule has 3 rings (SSSR count). The van der Waals surface area contributed by atoms with E-state index in [1.165, 1.54) is 0 Å². The third-order valence-corrected chi connectivity index (χ3v) is 4.85. The van der Waals surface area contributed by atoms with Crippen LogP contribution in [-0.4, -0.2) is 18.1 Å². The van der Waals surface area contributed by atoms with E-state index in [2.05, 4.69) is 10.6 Å². The van der Waals surface area contributed by atoms with Gasteiger partial charge < -0.3 is 20.1 Å². The van der Waals surface area contributed by atoms with Gasteiger partial charge in [-0.25, -0.2) is 9.59 Å². The summed E-state index contributed by atoms with van der Waals surface area (Å²) in [5, 5.41) is 5.57. The molecule has 6 nitrogen and oxygen atoms in total. The van der Waals surface area contributed by atoms with Gasteiger partial charge in [-0.15, -0.1) is 0 Å². The average Bonchev–Trinajstić information content (AvgIpc) is 2.70. The number of carbonyl (C=O) groups excluding carboxylic acids is 2. The minimum atomic E-state index is -0.588. The van der Waals surface area contributed by atoms with Gasteiger partial charge in [-0.1, -0.05) is 31.2 Å². The van der Waals surface area contributed by atoms with Crippen molar-refractivity contribution in [3.8, 4) is 11.5 Å². The Balaban J connectivity index is 1.90. The molecule has 0 radical (unpaired) electrons. The molecule has 1 atom stereocenters. The lowest BCUT2D eigenvalue weighted by Gasteiger charge is -2.29. The smallest absolute Gasteiger partial charge is 0.338 e. The van der Waals surface area contributed by atoms with E-state index >= 15 is 0 Å². The summed E-state index contributed by atoms with van der Waals surface area (Å²) in [6.07, 6.45) is 0.259. The fourth-order valence-electron chi connectivity index (χ4n) is 3.34. The molecule has 0 saturated heterocycles. The molecular weight excluding hydrogens is 380 g/mol. The highest BCUT2D eigenvalue weighted by Gasteiger charge is 2.33. The SMILES string of the molecule is CCC1=C(C(=O)OC(C)C)C(c2ccc(Oc3cc(C)ccc3C)cc2)NC(=O)N1. The Morgan fingerprint density at radius 2 is 1.80 bits per heavy atom. The van der Waals surface area contributed by atoms with Gasteiger partial charge in [0.25, 0.3) is 0 Å². The summed E-state index contributed by atoms with van der Waals surface area (Å²) in [5.41, 5.74) is 3.94. The number of urea groups is 1. The van der Waals surface area contributed by atoms with Gasteiger partial charge in [0.05, 0.1) is 17.7 Å². The van der Waals surface area contributed by atoms with Crippen LogP contribution in [0.3, 0.4) is 0 Å². The fourth-order valence-corrected chi connectivity index (χ4v) is 3.34. The number of ether oxygens (including phenoxy) is 2. The summed E-state index contributed by atoms with van der Waals surface area (Å²) < 4.78 is 11.4. The maximum atomic E-state index is 12.7. The van der Waals surface area contributed by atoms with E-state index < -0.39 is 12.0 Å². The van der Waals surface area contributed by atoms with Gasteiger partial charge in [-0.2, -0.15) is 0 Å². The summed E-state index contributed by atoms with van der Waals surface area (Å²) in [4.78, 5) is 24.9. The lowest BCUT2D eigenvalue weighted by atomic mass is 9.94. The molecule has 1 aliphatic heterocycles. The van der Waals surface area contributed by atoms with Crippen LogP contribution in [0.15, 0.2) is 53.7 Å². The van der Waals surface area contributed by atoms with E-state index in [9.17, 15) is 9.59 Å². The van der Waals surface area contributed by atoms with E-state index in [0.29, 0.717) is 23.4 Å². The van der Waals surface area contributed by atoms with Gasteiger partial charge in [-0.05, 0) is 69.0 Å². The quantitative estimate of drug-likeness (QED) is 0.655. The Labute approximate surface area is 177 Å². The van der Waals surface area contributed by atoms with Crippen molar-refractivity contribution in [2.45, 2.75) is 53.2 Å². The molecule has 1 heterocycles. The molecule has 0 saturated carbocycles. The van der Waals surface area contributed by atoms with Gasteiger partial charge in [0, 0.05) is 5.70 Å². The minimum absolute atomic E-state index is 0.255. The van der Waals surface area contributed by atoms with E-state index in [0.717, 1.165) is 22.4 Å². The second-order valence-electron chi connectivity index (χ2n) is 7.67. The fraction of sp³-hybridized carbons (Fsp3) is 0.333. The first-order chi connectivity index (χ1) is 14.3. The van der Waals surface area contributed by atoms with Crippen LogP contribution in [0.25, 0.3) is 0 Å². The lowest BCUT2D eigenvalue weighted by molar-refractivity contribution is -0.143. The number of esters is 1. The molecule has 1 aliphatic rings. The van der Waals surface area contributed by atoms with Crippen molar-refractivity contribution in [2.24, 2.45) is 0 Å². The molecule has 6 heteroatoms. The molecule has 0 fully saturated rings. The third kappa shape index (κ3) is 4.82. The van der Waals surface area contributed by atoms with Crippen LogP contribution in [0.2, 0.25) is 0 Å². The van der Waals surface area contributed by atoms with Crippen molar-refractivity contribution >= 4 is 12.0 Å². The van der Waals surface area contributed by atoms with Crippen molar-refractivity contribution < 1.29 is 19.1 Å². The molecule has 0 aromatic heterocycles. The Bertz CT molecular complexity index is 977. The van der Waals surface area contributed by atoms with Crippen molar-refractivity contribution in [1.29, 1.82) is 0 Å². The van der Waals surface area contributed by atoms with Gasteiger partial charge in [0.15, 0.2) is 0 Å². The molecule has 2 aromatic carbocycles. The Hall–Kier alpha value is -3.28. The molecular formula is C24H28N2O4. The summed E-state index contributed by atoms with van der Waals surface area (Å²) in [5.74, 6) is 1.04. The highest BCUT2D eigenvalue weighted by atomic mass is 16.5. The number of hydrogen-bond donors (Lipinski definition) is 2. The largest absolute Gasteiger partial charge is 0.459 e. The van der Waals surface area contributed by atoms with Crippen molar-refractivity contribution in [3.05, 3.63) is 70.4 Å². The number of allylic oxidation sites excluding steroid dienone is 1. The zero-order valence-electron chi connectivity index (χ0n) is 18.0. The van der Waals surface area contributed by atoms with Crippen LogP contribution in [-0.2, 0) is 9.53 Å². The highest BCUT2D eigenvalue weighted by Crippen LogP contribution is 2.32. The number of rotatable bonds is 6. The van der Waals surface area contributed by atoms with Gasteiger partial charge in [0.1, 0.15) is 11.5 Å². The molecule has 2 aromatic rings. The Kier molecular flexibility index (Phi) is 6.45. The van der Waals surface area contributed by atoms with Crippen LogP contribution in [0, 0.1) is 13.8 Å². The van der Waals surface area contributed by atoms with Crippen LogP contribution < -0.4 is 15.4 Å². The van der Waals surface area contributed by atoms with Crippen LogP contribution in [0.1, 0.15) is 49.9 Å². The second kappa shape index (κ2) is 9.03. The number of benzene rings is 2. The number of aryl methyl sites for hydroxylation is 2. The third-order valence-electron chi connectivity index (χ3n) is 4.85. The molecule has 158 valence electrons. The predicted molar refractivity (Wildman–Crippen MR) is 115 cm³/mol. The molecule has 0 bridgehead atoms. The maximum Gasteiger partial charge on any atom is 0.338 e. The number of carbonyl (C=O) groups is 2. The molecule has 2 amide bonds. The topological polar surface area (TPSA) is 76.7 Å². The number of hydrogen-bond acceptors (Lipinski definition) is 4. The second-order valence-corrected chi connectivity index (χ2v) is 7.67. The van der Waals surface area contributed by atoms with Crippen molar-refractivity contribution in [1.82, 2.24) is 10.6 Å². The van der Waals surface area contributed by atoms with Crippen LogP contribution >= 0.6 is 0 Å². The highest BCUT2D eigenvalue weighted by molar-refractivity contribution is 5.95. The standard InChI is InChI=1S/C24H28N2O4/c1-6-19-21(23(27)29-14(2)3)22(26-24(28)25-19)17-9-11-18(12-10-17)30-20-13-15(4)7-8-16(20)5/h7-14,22H,6H2,1-5H3,(H2,25,26,28). The monoisotopic (exact) mass is 408 g/mol. The van der Waals surface area contributed by atoms with Gasteiger partial charge >= 0.3 is 12.0 Å². The van der Waals surface area contributed by atoms with Gasteiger partial charge in [-0.3, -0.25) is 0 Å². The first kappa shape index (κ1) is 21.4. The molecule has 30 heavy (non-hydrogen) atoms. The van der Waals surface area contributed by atoms with E-state index in [4.69, 9.17) is 9.47 Å². The van der Waals surface area contributed by atoms with Gasteiger partial charge in [0.2, 0.25) is 0 Å². The number of amides is 2. The molecule has 2 N–H and O–H groups in total. The number of nitrogens with one attached hydrogen (secondary N) is 2. The summed E-state index contributed by atoms with van der Waals surface area (Å²) in [7, 11) is 0. The minimum Gasteiger partial charge on any atom is -0.459 e. The summed E-state index contributed by atoms with van der Waals surface area (Å²) in [6.45, 7) is 9.50. The first-order valence-corrected chi connectivity index (χ1v) is 10.1. The van der Waals surface area contributed by atoms with Crippen LogP contribution in [0.5, 0.6) is 11.5 Å². The Morgan fingerprint density at radius 1 is 1.10 bits per heavy atom. The maximum absolute atomic E-state index is 12.7. The van der Waals surface area contributed by atoms with E-state index in [1.807, 2.05) is 63.2 Å². The zero-order valence-corrected chi connectivity index (χ0v) is 18.0. The first-order valence-electron chi connectivity index (χ1n) is 10.1. The summed E-state index contributed by atoms with van der Waals surface area (Å²) >= 11 is 0. The molecule has 0 spiro atoms. The predicted octanol–water partition coefficient (Wildman–Crippen LogP) is 5.07. The summed E-state index contributed by atoms with van der Waals surface area (Å²) in [6, 6.07) is 12.5. The van der Waals surface area contributed by atoms with E-state index in [1.54, 1.807) is 13.8 Å². The average molecular weight is 408 g/mol. The van der Waals surface area contributed by atoms with Crippen LogP contribution in [0.4, 0.5) is 4.79 Å². The van der Waals surface area contributed by atoms with Crippen molar-refractivity contribution in [2.75, 3.05) is 0 Å². The zero-order chi connectivity index (χ0) is 21.8.